The first-order chi connectivity index (χ1) is 14.8. The number of halogens is 1. The maximum atomic E-state index is 11.2. The van der Waals surface area contributed by atoms with Crippen LogP contribution in [-0.4, -0.2) is 48.8 Å². The quantitative estimate of drug-likeness (QED) is 0.557. The molecule has 2 aromatic heterocycles. The molecule has 0 amide bonds. The maximum absolute atomic E-state index is 11.2. The van der Waals surface area contributed by atoms with E-state index in [2.05, 4.69) is 9.97 Å². The van der Waals surface area contributed by atoms with Crippen molar-refractivity contribution in [3.63, 3.8) is 0 Å². The molecule has 2 aliphatic heterocycles. The number of rotatable bonds is 4. The van der Waals surface area contributed by atoms with E-state index in [-0.39, 0.29) is 6.61 Å². The Balaban J connectivity index is 1.55. The highest BCUT2D eigenvalue weighted by atomic mass is 35.5. The molecule has 5 atom stereocenters. The molecular weight excluding hydrogens is 424 g/mol. The first-order valence-corrected chi connectivity index (χ1v) is 10.3. The summed E-state index contributed by atoms with van der Waals surface area (Å²) in [4.78, 5) is 8.38. The zero-order valence-corrected chi connectivity index (χ0v) is 17.7. The molecule has 4 heterocycles. The van der Waals surface area contributed by atoms with Crippen LogP contribution in [0.15, 0.2) is 36.8 Å². The molecule has 5 rings (SSSR count). The molecule has 2 saturated heterocycles. The molecule has 0 spiro atoms. The molecule has 0 saturated carbocycles. The van der Waals surface area contributed by atoms with Crippen LogP contribution in [0, 0.1) is 0 Å². The molecule has 0 bridgehead atoms. The topological polar surface area (TPSA) is 125 Å². The molecule has 1 aromatic carbocycles. The van der Waals surface area contributed by atoms with E-state index in [1.54, 1.807) is 18.2 Å². The number of hydrogen-bond donors (Lipinski definition) is 3. The standard InChI is InChI=1S/C21H23ClN4O5/c1-21(2)30-16-15(14(28)12-4-3-11(22)7-10(12)8-27)29-20(17(16)31-21)26-6-5-13-18(23)24-9-25-19(13)26/h3-7,9,14-17,20,27-28H,8H2,1-2H3,(H2,23,24,25)/t14?,15-,16-,17-,20-/m1/s1. The zero-order chi connectivity index (χ0) is 21.9. The molecule has 9 nitrogen and oxygen atoms in total. The number of nitrogens with zero attached hydrogens (tertiary/aromatic N) is 3. The van der Waals surface area contributed by atoms with Crippen molar-refractivity contribution in [2.75, 3.05) is 5.73 Å². The number of nitrogens with two attached hydrogens (primary N) is 1. The lowest BCUT2D eigenvalue weighted by atomic mass is 9.95. The number of nitrogen functional groups attached to an aromatic ring is 1. The lowest BCUT2D eigenvalue weighted by Gasteiger charge is -2.28. The smallest absolute Gasteiger partial charge is 0.164 e. The molecule has 2 fully saturated rings. The van der Waals surface area contributed by atoms with E-state index in [4.69, 9.17) is 31.5 Å². The van der Waals surface area contributed by atoms with E-state index in [0.717, 1.165) is 0 Å². The average molecular weight is 447 g/mol. The van der Waals surface area contributed by atoms with Gasteiger partial charge in [0.25, 0.3) is 0 Å². The van der Waals surface area contributed by atoms with Gasteiger partial charge in [0, 0.05) is 11.2 Å². The molecule has 164 valence electrons. The summed E-state index contributed by atoms with van der Waals surface area (Å²) in [5.41, 5.74) is 7.62. The monoisotopic (exact) mass is 446 g/mol. The summed E-state index contributed by atoms with van der Waals surface area (Å²) in [6.07, 6.45) is -0.272. The van der Waals surface area contributed by atoms with Gasteiger partial charge >= 0.3 is 0 Å². The summed E-state index contributed by atoms with van der Waals surface area (Å²) in [5, 5.41) is 22.2. The van der Waals surface area contributed by atoms with Crippen LogP contribution in [0.25, 0.3) is 11.0 Å². The minimum absolute atomic E-state index is 0.265. The fraction of sp³-hybridized carbons (Fsp3) is 0.429. The van der Waals surface area contributed by atoms with Crippen molar-refractivity contribution in [3.8, 4) is 0 Å². The Kier molecular flexibility index (Phi) is 4.93. The summed E-state index contributed by atoms with van der Waals surface area (Å²) in [6.45, 7) is 3.38. The van der Waals surface area contributed by atoms with Crippen molar-refractivity contribution >= 4 is 28.5 Å². The third-order valence-electron chi connectivity index (χ3n) is 5.78. The van der Waals surface area contributed by atoms with Gasteiger partial charge in [0.1, 0.15) is 42.2 Å². The highest BCUT2D eigenvalue weighted by molar-refractivity contribution is 6.30. The number of fused-ring (bicyclic) bond motifs is 2. The Bertz CT molecular complexity index is 1140. The second-order valence-electron chi connectivity index (χ2n) is 8.22. The summed E-state index contributed by atoms with van der Waals surface area (Å²) in [5.74, 6) is -0.487. The Labute approximate surface area is 183 Å². The predicted molar refractivity (Wildman–Crippen MR) is 112 cm³/mol. The van der Waals surface area contributed by atoms with Gasteiger partial charge in [-0.25, -0.2) is 9.97 Å². The third-order valence-corrected chi connectivity index (χ3v) is 6.02. The number of hydrogen-bond acceptors (Lipinski definition) is 8. The minimum atomic E-state index is -1.07. The van der Waals surface area contributed by atoms with Gasteiger partial charge in [0.15, 0.2) is 12.0 Å². The molecule has 31 heavy (non-hydrogen) atoms. The molecule has 0 radical (unpaired) electrons. The molecule has 2 aliphatic rings. The van der Waals surface area contributed by atoms with Gasteiger partial charge in [0.05, 0.1) is 12.0 Å². The van der Waals surface area contributed by atoms with E-state index in [0.29, 0.717) is 33.0 Å². The number of aromatic nitrogens is 3. The van der Waals surface area contributed by atoms with Crippen molar-refractivity contribution in [2.45, 2.75) is 56.9 Å². The normalized spacial score (nSPS) is 28.2. The lowest BCUT2D eigenvalue weighted by molar-refractivity contribution is -0.207. The van der Waals surface area contributed by atoms with Crippen molar-refractivity contribution in [1.29, 1.82) is 0 Å². The molecule has 3 aromatic rings. The molecule has 1 unspecified atom stereocenters. The zero-order valence-electron chi connectivity index (χ0n) is 17.0. The van der Waals surface area contributed by atoms with Gasteiger partial charge in [-0.1, -0.05) is 17.7 Å². The Hall–Kier alpha value is -2.27. The van der Waals surface area contributed by atoms with Crippen molar-refractivity contribution < 1.29 is 24.4 Å². The van der Waals surface area contributed by atoms with Crippen LogP contribution in [0.5, 0.6) is 0 Å². The van der Waals surface area contributed by atoms with Crippen molar-refractivity contribution in [3.05, 3.63) is 52.9 Å². The van der Waals surface area contributed by atoms with Gasteiger partial charge in [-0.05, 0) is 43.2 Å². The van der Waals surface area contributed by atoms with E-state index >= 15 is 0 Å². The number of aliphatic hydroxyl groups excluding tert-OH is 2. The lowest BCUT2D eigenvalue weighted by Crippen LogP contribution is -2.34. The van der Waals surface area contributed by atoms with Crippen LogP contribution >= 0.6 is 11.6 Å². The average Bonchev–Trinajstić information content (AvgIpc) is 3.38. The van der Waals surface area contributed by atoms with Crippen LogP contribution in [0.3, 0.4) is 0 Å². The van der Waals surface area contributed by atoms with Crippen LogP contribution in [0.4, 0.5) is 5.82 Å². The summed E-state index contributed by atoms with van der Waals surface area (Å²) in [6, 6.07) is 6.79. The second-order valence-corrected chi connectivity index (χ2v) is 8.66. The minimum Gasteiger partial charge on any atom is -0.392 e. The summed E-state index contributed by atoms with van der Waals surface area (Å²) in [7, 11) is 0. The largest absolute Gasteiger partial charge is 0.392 e. The molecule has 10 heteroatoms. The maximum Gasteiger partial charge on any atom is 0.164 e. The first kappa shape index (κ1) is 20.6. The van der Waals surface area contributed by atoms with E-state index in [1.165, 1.54) is 6.33 Å². The van der Waals surface area contributed by atoms with E-state index < -0.39 is 36.4 Å². The fourth-order valence-corrected chi connectivity index (χ4v) is 4.65. The summed E-state index contributed by atoms with van der Waals surface area (Å²) < 4.78 is 20.4. The molecular formula is C21H23ClN4O5. The van der Waals surface area contributed by atoms with Gasteiger partial charge in [-0.2, -0.15) is 0 Å². The van der Waals surface area contributed by atoms with Crippen molar-refractivity contribution in [2.24, 2.45) is 0 Å². The van der Waals surface area contributed by atoms with Crippen LogP contribution in [0.2, 0.25) is 5.02 Å². The van der Waals surface area contributed by atoms with Gasteiger partial charge in [-0.15, -0.1) is 0 Å². The van der Waals surface area contributed by atoms with Gasteiger partial charge < -0.3 is 34.7 Å². The van der Waals surface area contributed by atoms with E-state index in [9.17, 15) is 10.2 Å². The second kappa shape index (κ2) is 7.40. The first-order valence-electron chi connectivity index (χ1n) is 9.94. The van der Waals surface area contributed by atoms with E-state index in [1.807, 2.05) is 30.7 Å². The van der Waals surface area contributed by atoms with Crippen molar-refractivity contribution in [1.82, 2.24) is 14.5 Å². The summed E-state index contributed by atoms with van der Waals surface area (Å²) >= 11 is 6.05. The fourth-order valence-electron chi connectivity index (χ4n) is 4.46. The van der Waals surface area contributed by atoms with Gasteiger partial charge in [0.2, 0.25) is 0 Å². The highest BCUT2D eigenvalue weighted by Crippen LogP contribution is 2.47. The molecule has 0 aliphatic carbocycles. The third kappa shape index (κ3) is 3.38. The van der Waals surface area contributed by atoms with Crippen LogP contribution in [0.1, 0.15) is 37.3 Å². The number of benzene rings is 1. The Morgan fingerprint density at radius 1 is 1.23 bits per heavy atom. The highest BCUT2D eigenvalue weighted by Gasteiger charge is 2.58. The van der Waals surface area contributed by atoms with Gasteiger partial charge in [-0.3, -0.25) is 0 Å². The molecule has 4 N–H and O–H groups in total. The van der Waals surface area contributed by atoms with Crippen LogP contribution in [-0.2, 0) is 20.8 Å². The van der Waals surface area contributed by atoms with Crippen LogP contribution < -0.4 is 5.73 Å². The number of ether oxygens (including phenoxy) is 3. The Morgan fingerprint density at radius 3 is 2.77 bits per heavy atom. The number of aliphatic hydroxyl groups is 2. The Morgan fingerprint density at radius 2 is 2.00 bits per heavy atom. The predicted octanol–water partition coefficient (Wildman–Crippen LogP) is 2.31. The number of anilines is 1. The SMILES string of the molecule is CC1(C)O[C@@H]2[C@H](O1)[C@@H](C(O)c1ccc(Cl)cc1CO)O[C@H]2n1ccc2c(N)ncnc21.